The smallest absolute Gasteiger partial charge is 0.338 e. The Labute approximate surface area is 199 Å². The summed E-state index contributed by atoms with van der Waals surface area (Å²) in [6, 6.07) is 12.2. The van der Waals surface area contributed by atoms with Crippen LogP contribution < -0.4 is 10.2 Å². The summed E-state index contributed by atoms with van der Waals surface area (Å²) in [5, 5.41) is 2.87. The van der Waals surface area contributed by atoms with E-state index in [9.17, 15) is 19.2 Å². The van der Waals surface area contributed by atoms with E-state index in [1.165, 1.54) is 11.0 Å². The molecule has 1 saturated carbocycles. The molecule has 34 heavy (non-hydrogen) atoms. The molecule has 1 aliphatic heterocycles. The van der Waals surface area contributed by atoms with E-state index in [1.54, 1.807) is 18.2 Å². The number of carbonyl (C=O) groups is 4. The van der Waals surface area contributed by atoms with Crippen molar-refractivity contribution in [2.45, 2.75) is 52.4 Å². The van der Waals surface area contributed by atoms with Crippen LogP contribution in [-0.4, -0.2) is 30.3 Å². The summed E-state index contributed by atoms with van der Waals surface area (Å²) in [7, 11) is 0. The Balaban J connectivity index is 1.42. The van der Waals surface area contributed by atoms with Crippen LogP contribution in [0.25, 0.3) is 0 Å². The predicted octanol–water partition coefficient (Wildman–Crippen LogP) is 4.29. The largest absolute Gasteiger partial charge is 0.452 e. The first kappa shape index (κ1) is 23.7. The van der Waals surface area contributed by atoms with Gasteiger partial charge < -0.3 is 10.1 Å². The summed E-state index contributed by atoms with van der Waals surface area (Å²) < 4.78 is 5.24. The van der Waals surface area contributed by atoms with E-state index < -0.39 is 18.5 Å². The van der Waals surface area contributed by atoms with Gasteiger partial charge in [0.1, 0.15) is 0 Å². The van der Waals surface area contributed by atoms with Gasteiger partial charge in [-0.3, -0.25) is 19.3 Å². The molecule has 7 heteroatoms. The second-order valence-corrected chi connectivity index (χ2v) is 8.84. The van der Waals surface area contributed by atoms with Gasteiger partial charge in [-0.25, -0.2) is 4.79 Å². The van der Waals surface area contributed by atoms with Crippen molar-refractivity contribution in [2.75, 3.05) is 16.8 Å². The van der Waals surface area contributed by atoms with E-state index in [4.69, 9.17) is 4.74 Å². The maximum atomic E-state index is 12.9. The first-order valence-electron chi connectivity index (χ1n) is 12.0. The number of carbonyl (C=O) groups excluding carboxylic acids is 4. The van der Waals surface area contributed by atoms with Crippen molar-refractivity contribution in [3.63, 3.8) is 0 Å². The number of benzene rings is 2. The van der Waals surface area contributed by atoms with E-state index >= 15 is 0 Å². The van der Waals surface area contributed by atoms with Crippen molar-refractivity contribution in [1.29, 1.82) is 0 Å². The predicted molar refractivity (Wildman–Crippen MR) is 128 cm³/mol. The molecule has 0 spiro atoms. The molecule has 0 radical (unpaired) electrons. The Kier molecular flexibility index (Phi) is 7.10. The molecule has 178 valence electrons. The minimum atomic E-state index is -0.687. The fourth-order valence-electron chi connectivity index (χ4n) is 4.98. The second-order valence-electron chi connectivity index (χ2n) is 8.84. The molecule has 2 aliphatic rings. The molecule has 2 atom stereocenters. The van der Waals surface area contributed by atoms with Crippen LogP contribution in [0.4, 0.5) is 11.4 Å². The molecule has 0 aromatic heterocycles. The van der Waals surface area contributed by atoms with Crippen LogP contribution in [0, 0.1) is 11.8 Å². The van der Waals surface area contributed by atoms with E-state index in [1.807, 2.05) is 32.0 Å². The van der Waals surface area contributed by atoms with Crippen LogP contribution in [0.15, 0.2) is 42.5 Å². The van der Waals surface area contributed by atoms with Crippen molar-refractivity contribution in [3.05, 3.63) is 59.2 Å². The number of fused-ring (bicyclic) bond motifs is 1. The molecule has 1 N–H and O–H groups in total. The number of hydrogen-bond donors (Lipinski definition) is 1. The Hall–Kier alpha value is -3.48. The van der Waals surface area contributed by atoms with Gasteiger partial charge >= 0.3 is 5.97 Å². The Bertz CT molecular complexity index is 1080. The molecule has 2 aromatic rings. The van der Waals surface area contributed by atoms with Crippen molar-refractivity contribution >= 4 is 35.1 Å². The highest BCUT2D eigenvalue weighted by molar-refractivity contribution is 6.22. The van der Waals surface area contributed by atoms with Crippen LogP contribution in [0.2, 0.25) is 0 Å². The van der Waals surface area contributed by atoms with E-state index in [0.29, 0.717) is 5.69 Å². The zero-order chi connectivity index (χ0) is 24.2. The number of rotatable bonds is 7. The van der Waals surface area contributed by atoms with Gasteiger partial charge in [-0.2, -0.15) is 0 Å². The molecule has 1 aliphatic carbocycles. The Morgan fingerprint density at radius 1 is 0.941 bits per heavy atom. The fourth-order valence-corrected chi connectivity index (χ4v) is 4.98. The molecule has 4 rings (SSSR count). The zero-order valence-electron chi connectivity index (χ0n) is 19.6. The highest BCUT2D eigenvalue weighted by Crippen LogP contribution is 2.40. The van der Waals surface area contributed by atoms with E-state index in [0.717, 1.165) is 55.3 Å². The number of imide groups is 1. The third kappa shape index (κ3) is 4.60. The van der Waals surface area contributed by atoms with Crippen LogP contribution >= 0.6 is 0 Å². The number of aryl methyl sites for hydroxylation is 2. The molecule has 1 heterocycles. The third-order valence-corrected chi connectivity index (χ3v) is 6.78. The number of anilines is 2. The quantitative estimate of drug-likeness (QED) is 0.490. The summed E-state index contributed by atoms with van der Waals surface area (Å²) in [6.07, 6.45) is 4.89. The Morgan fingerprint density at radius 2 is 1.53 bits per heavy atom. The minimum Gasteiger partial charge on any atom is -0.452 e. The van der Waals surface area contributed by atoms with E-state index in [-0.39, 0.29) is 29.2 Å². The monoisotopic (exact) mass is 462 g/mol. The van der Waals surface area contributed by atoms with Crippen LogP contribution in [0.3, 0.4) is 0 Å². The lowest BCUT2D eigenvalue weighted by molar-refractivity contribution is -0.122. The van der Waals surface area contributed by atoms with Crippen LogP contribution in [-0.2, 0) is 32.0 Å². The third-order valence-electron chi connectivity index (χ3n) is 6.78. The summed E-state index contributed by atoms with van der Waals surface area (Å²) in [4.78, 5) is 52.1. The maximum Gasteiger partial charge on any atom is 0.338 e. The number of hydrogen-bond acceptors (Lipinski definition) is 5. The number of ether oxygens (including phenoxy) is 1. The van der Waals surface area contributed by atoms with Gasteiger partial charge in [0.25, 0.3) is 5.91 Å². The first-order chi connectivity index (χ1) is 16.4. The zero-order valence-corrected chi connectivity index (χ0v) is 19.6. The molecule has 0 bridgehead atoms. The number of amides is 3. The van der Waals surface area contributed by atoms with Gasteiger partial charge in [0, 0.05) is 5.69 Å². The molecule has 2 fully saturated rings. The van der Waals surface area contributed by atoms with Gasteiger partial charge in [-0.15, -0.1) is 0 Å². The SMILES string of the molecule is CCc1cccc(CC)c1NC(=O)COC(=O)c1cccc(N2C(=O)[C@@H]3CCCC[C@H]3C2=O)c1. The molecule has 2 aromatic carbocycles. The van der Waals surface area contributed by atoms with Gasteiger partial charge in [-0.1, -0.05) is 51.0 Å². The summed E-state index contributed by atoms with van der Waals surface area (Å²) in [5.41, 5.74) is 3.36. The molecule has 7 nitrogen and oxygen atoms in total. The van der Waals surface area contributed by atoms with Gasteiger partial charge in [0.05, 0.1) is 23.1 Å². The topological polar surface area (TPSA) is 92.8 Å². The molecular weight excluding hydrogens is 432 g/mol. The van der Waals surface area contributed by atoms with Crippen molar-refractivity contribution < 1.29 is 23.9 Å². The van der Waals surface area contributed by atoms with Crippen LogP contribution in [0.1, 0.15) is 61.0 Å². The summed E-state index contributed by atoms with van der Waals surface area (Å²) in [6.45, 7) is 3.60. The maximum absolute atomic E-state index is 12.9. The standard InChI is InChI=1S/C27H30N2O5/c1-3-17-9-7-10-18(4-2)24(17)28-23(30)16-34-27(33)19-11-8-12-20(15-19)29-25(31)21-13-5-6-14-22(21)26(29)32/h7-12,15,21-22H,3-6,13-14,16H2,1-2H3,(H,28,30)/t21-,22-/m1/s1. The highest BCUT2D eigenvalue weighted by atomic mass is 16.5. The van der Waals surface area contributed by atoms with Crippen molar-refractivity contribution in [3.8, 4) is 0 Å². The lowest BCUT2D eigenvalue weighted by atomic mass is 9.81. The normalized spacial score (nSPS) is 19.6. The van der Waals surface area contributed by atoms with E-state index in [2.05, 4.69) is 5.32 Å². The lowest BCUT2D eigenvalue weighted by Gasteiger charge is -2.19. The van der Waals surface area contributed by atoms with Gasteiger partial charge in [0.2, 0.25) is 11.8 Å². The fraction of sp³-hybridized carbons (Fsp3) is 0.407. The molecular formula is C27H30N2O5. The van der Waals surface area contributed by atoms with Crippen molar-refractivity contribution in [2.24, 2.45) is 11.8 Å². The molecule has 0 unspecified atom stereocenters. The lowest BCUT2D eigenvalue weighted by Crippen LogP contribution is -2.31. The minimum absolute atomic E-state index is 0.184. The number of nitrogens with one attached hydrogen (secondary N) is 1. The van der Waals surface area contributed by atoms with Gasteiger partial charge in [0.15, 0.2) is 6.61 Å². The number of para-hydroxylation sites is 1. The number of esters is 1. The molecule has 3 amide bonds. The second kappa shape index (κ2) is 10.2. The van der Waals surface area contributed by atoms with Gasteiger partial charge in [-0.05, 0) is 55.0 Å². The Morgan fingerprint density at radius 3 is 2.12 bits per heavy atom. The highest BCUT2D eigenvalue weighted by Gasteiger charge is 2.48. The summed E-state index contributed by atoms with van der Waals surface area (Å²) >= 11 is 0. The van der Waals surface area contributed by atoms with Crippen molar-refractivity contribution in [1.82, 2.24) is 0 Å². The number of nitrogens with zero attached hydrogens (tertiary/aromatic N) is 1. The first-order valence-corrected chi connectivity index (χ1v) is 12.0. The molecule has 1 saturated heterocycles. The summed E-state index contributed by atoms with van der Waals surface area (Å²) in [5.74, 6) is -2.02. The van der Waals surface area contributed by atoms with Crippen LogP contribution in [0.5, 0.6) is 0 Å². The average Bonchev–Trinajstić information content (AvgIpc) is 3.12. The average molecular weight is 463 g/mol.